The van der Waals surface area contributed by atoms with Gasteiger partial charge in [-0.05, 0) is 48.2 Å². The zero-order valence-electron chi connectivity index (χ0n) is 19.3. The molecule has 2 aromatic carbocycles. The van der Waals surface area contributed by atoms with Crippen molar-refractivity contribution in [1.29, 1.82) is 0 Å². The van der Waals surface area contributed by atoms with Gasteiger partial charge >= 0.3 is 0 Å². The number of aliphatic hydroxyl groups is 2. The lowest BCUT2D eigenvalue weighted by Crippen LogP contribution is -2.23. The molecule has 5 heteroatoms. The third kappa shape index (κ3) is 8.17. The van der Waals surface area contributed by atoms with Gasteiger partial charge in [0.2, 0.25) is 0 Å². The summed E-state index contributed by atoms with van der Waals surface area (Å²) < 4.78 is 16.8. The second-order valence-corrected chi connectivity index (χ2v) is 8.44. The molecule has 0 saturated carbocycles. The van der Waals surface area contributed by atoms with Gasteiger partial charge in [0.05, 0.1) is 12.7 Å². The molecule has 0 radical (unpaired) electrons. The Hall–Kier alpha value is -2.08. The minimum atomic E-state index is -0.632. The molecule has 0 amide bonds. The quantitative estimate of drug-likeness (QED) is 0.425. The van der Waals surface area contributed by atoms with E-state index in [0.29, 0.717) is 26.2 Å². The van der Waals surface area contributed by atoms with Crippen molar-refractivity contribution in [2.75, 3.05) is 26.4 Å². The standard InChI is InChI=1S/C26H38O5/c1-5-7-16-29-17-23(28)19-31-25-14-10-21(11-15-25)26(3,4)20-8-12-24(13-9-20)30-18-22(27)6-2/h8-15,22-23,27-28H,5-7,16-19H2,1-4H3. The van der Waals surface area contributed by atoms with Crippen LogP contribution in [0, 0.1) is 0 Å². The molecule has 2 rings (SSSR count). The number of ether oxygens (including phenoxy) is 3. The SMILES string of the molecule is CCCCOCC(O)COc1ccc(C(C)(C)c2ccc(OCC(O)CC)cc2)cc1. The molecule has 0 spiro atoms. The van der Waals surface area contributed by atoms with E-state index in [4.69, 9.17) is 14.2 Å². The molecule has 0 bridgehead atoms. The van der Waals surface area contributed by atoms with Crippen LogP contribution in [0.1, 0.15) is 58.1 Å². The van der Waals surface area contributed by atoms with Gasteiger partial charge in [-0.2, -0.15) is 0 Å². The molecule has 2 atom stereocenters. The van der Waals surface area contributed by atoms with Crippen LogP contribution in [0.5, 0.6) is 11.5 Å². The van der Waals surface area contributed by atoms with Gasteiger partial charge in [0, 0.05) is 12.0 Å². The van der Waals surface area contributed by atoms with Crippen molar-refractivity contribution in [2.45, 2.75) is 64.6 Å². The first-order valence-corrected chi connectivity index (χ1v) is 11.3. The first-order valence-electron chi connectivity index (χ1n) is 11.3. The van der Waals surface area contributed by atoms with Crippen LogP contribution >= 0.6 is 0 Å². The maximum atomic E-state index is 9.97. The van der Waals surface area contributed by atoms with Gasteiger partial charge in [-0.15, -0.1) is 0 Å². The van der Waals surface area contributed by atoms with E-state index >= 15 is 0 Å². The molecule has 0 heterocycles. The van der Waals surface area contributed by atoms with Crippen LogP contribution in [0.4, 0.5) is 0 Å². The second-order valence-electron chi connectivity index (χ2n) is 8.44. The van der Waals surface area contributed by atoms with E-state index in [1.54, 1.807) is 0 Å². The second kappa shape index (κ2) is 12.7. The lowest BCUT2D eigenvalue weighted by Gasteiger charge is -2.26. The van der Waals surface area contributed by atoms with Crippen molar-refractivity contribution in [1.82, 2.24) is 0 Å². The van der Waals surface area contributed by atoms with Gasteiger partial charge in [0.1, 0.15) is 30.8 Å². The molecule has 0 aliphatic heterocycles. The molecule has 0 aliphatic rings. The summed E-state index contributed by atoms with van der Waals surface area (Å²) >= 11 is 0. The maximum Gasteiger partial charge on any atom is 0.119 e. The summed E-state index contributed by atoms with van der Waals surface area (Å²) in [7, 11) is 0. The summed E-state index contributed by atoms with van der Waals surface area (Å²) in [5.41, 5.74) is 2.15. The van der Waals surface area contributed by atoms with Gasteiger partial charge in [-0.1, -0.05) is 58.4 Å². The zero-order chi connectivity index (χ0) is 22.7. The monoisotopic (exact) mass is 430 g/mol. The maximum absolute atomic E-state index is 9.97. The van der Waals surface area contributed by atoms with Crippen LogP contribution < -0.4 is 9.47 Å². The highest BCUT2D eigenvalue weighted by atomic mass is 16.5. The van der Waals surface area contributed by atoms with Crippen molar-refractivity contribution < 1.29 is 24.4 Å². The average molecular weight is 431 g/mol. The molecule has 172 valence electrons. The van der Waals surface area contributed by atoms with E-state index in [1.165, 1.54) is 11.1 Å². The summed E-state index contributed by atoms with van der Waals surface area (Å²) in [6, 6.07) is 16.0. The van der Waals surface area contributed by atoms with Crippen LogP contribution in [-0.2, 0) is 10.2 Å². The highest BCUT2D eigenvalue weighted by Gasteiger charge is 2.23. The molecule has 2 N–H and O–H groups in total. The Morgan fingerprint density at radius 1 is 0.742 bits per heavy atom. The van der Waals surface area contributed by atoms with Gasteiger partial charge in [0.25, 0.3) is 0 Å². The van der Waals surface area contributed by atoms with Crippen molar-refractivity contribution in [3.63, 3.8) is 0 Å². The molecular weight excluding hydrogens is 392 g/mol. The molecule has 5 nitrogen and oxygen atoms in total. The minimum absolute atomic E-state index is 0.188. The summed E-state index contributed by atoms with van der Waals surface area (Å²) in [4.78, 5) is 0. The van der Waals surface area contributed by atoms with Crippen LogP contribution in [0.15, 0.2) is 48.5 Å². The molecular formula is C26H38O5. The van der Waals surface area contributed by atoms with Gasteiger partial charge < -0.3 is 24.4 Å². The summed E-state index contributed by atoms with van der Waals surface area (Å²) in [5.74, 6) is 1.48. The largest absolute Gasteiger partial charge is 0.491 e. The fraction of sp³-hybridized carbons (Fsp3) is 0.538. The van der Waals surface area contributed by atoms with E-state index in [-0.39, 0.29) is 12.0 Å². The third-order valence-corrected chi connectivity index (χ3v) is 5.46. The zero-order valence-corrected chi connectivity index (χ0v) is 19.3. The Labute approximate surface area is 187 Å². The Morgan fingerprint density at radius 2 is 1.23 bits per heavy atom. The topological polar surface area (TPSA) is 68.2 Å². The Bertz CT molecular complexity index is 739. The number of hydrogen-bond donors (Lipinski definition) is 2. The molecule has 0 aromatic heterocycles. The van der Waals surface area contributed by atoms with E-state index in [9.17, 15) is 10.2 Å². The average Bonchev–Trinajstić information content (AvgIpc) is 2.79. The molecule has 2 aromatic rings. The van der Waals surface area contributed by atoms with Gasteiger partial charge in [-0.25, -0.2) is 0 Å². The summed E-state index contributed by atoms with van der Waals surface area (Å²) in [5, 5.41) is 19.6. The third-order valence-electron chi connectivity index (χ3n) is 5.46. The van der Waals surface area contributed by atoms with Crippen LogP contribution in [-0.4, -0.2) is 48.8 Å². The Kier molecular flexibility index (Phi) is 10.3. The van der Waals surface area contributed by atoms with Crippen LogP contribution in [0.3, 0.4) is 0 Å². The van der Waals surface area contributed by atoms with Gasteiger partial charge in [0.15, 0.2) is 0 Å². The first-order chi connectivity index (χ1) is 14.9. The molecule has 2 unspecified atom stereocenters. The van der Waals surface area contributed by atoms with Crippen LogP contribution in [0.2, 0.25) is 0 Å². The highest BCUT2D eigenvalue weighted by molar-refractivity contribution is 5.41. The Balaban J connectivity index is 1.90. The van der Waals surface area contributed by atoms with Crippen molar-refractivity contribution in [2.24, 2.45) is 0 Å². The fourth-order valence-corrected chi connectivity index (χ4v) is 3.12. The first kappa shape index (κ1) is 25.2. The fourth-order valence-electron chi connectivity index (χ4n) is 3.12. The normalized spacial score (nSPS) is 13.6. The molecule has 0 fully saturated rings. The summed E-state index contributed by atoms with van der Waals surface area (Å²) in [6.45, 7) is 9.88. The van der Waals surface area contributed by atoms with E-state index in [2.05, 4.69) is 45.0 Å². The number of hydrogen-bond acceptors (Lipinski definition) is 5. The van der Waals surface area contributed by atoms with E-state index in [1.807, 2.05) is 31.2 Å². The van der Waals surface area contributed by atoms with E-state index < -0.39 is 12.2 Å². The minimum Gasteiger partial charge on any atom is -0.491 e. The Morgan fingerprint density at radius 3 is 1.68 bits per heavy atom. The predicted molar refractivity (Wildman–Crippen MR) is 124 cm³/mol. The lowest BCUT2D eigenvalue weighted by atomic mass is 9.78. The predicted octanol–water partition coefficient (Wildman–Crippen LogP) is 4.72. The van der Waals surface area contributed by atoms with Crippen molar-refractivity contribution in [3.05, 3.63) is 59.7 Å². The number of rotatable bonds is 14. The summed E-state index contributed by atoms with van der Waals surface area (Å²) in [6.07, 6.45) is 1.69. The smallest absolute Gasteiger partial charge is 0.119 e. The highest BCUT2D eigenvalue weighted by Crippen LogP contribution is 2.33. The van der Waals surface area contributed by atoms with Crippen molar-refractivity contribution in [3.8, 4) is 11.5 Å². The molecule has 0 saturated heterocycles. The van der Waals surface area contributed by atoms with E-state index in [0.717, 1.165) is 24.3 Å². The molecule has 0 aliphatic carbocycles. The van der Waals surface area contributed by atoms with Gasteiger partial charge in [-0.3, -0.25) is 0 Å². The molecule has 31 heavy (non-hydrogen) atoms. The number of benzene rings is 2. The number of unbranched alkanes of at least 4 members (excludes halogenated alkanes) is 1. The number of aliphatic hydroxyl groups excluding tert-OH is 2. The van der Waals surface area contributed by atoms with Crippen LogP contribution in [0.25, 0.3) is 0 Å². The van der Waals surface area contributed by atoms with Crippen molar-refractivity contribution >= 4 is 0 Å². The lowest BCUT2D eigenvalue weighted by molar-refractivity contribution is 0.0113.